The maximum atomic E-state index is 13.0. The average molecular weight is 406 g/mol. The molecule has 2 aromatic carbocycles. The number of nitrogens with one attached hydrogen (secondary N) is 1. The first-order valence-electron chi connectivity index (χ1n) is 9.47. The van der Waals surface area contributed by atoms with Crippen LogP contribution in [0.5, 0.6) is 5.75 Å². The number of nitriles is 1. The van der Waals surface area contributed by atoms with Crippen LogP contribution >= 0.6 is 0 Å². The Morgan fingerprint density at radius 2 is 1.93 bits per heavy atom. The highest BCUT2D eigenvalue weighted by Crippen LogP contribution is 2.31. The van der Waals surface area contributed by atoms with Crippen molar-refractivity contribution in [3.63, 3.8) is 0 Å². The SMILES string of the molecule is C[C@H]1CC(=O)Nc2ccccc2N1C(=O)CN(C)C(=O)COc1ccc(C#N)cc1. The Hall–Kier alpha value is -3.86. The summed E-state index contributed by atoms with van der Waals surface area (Å²) in [5.41, 5.74) is 1.67. The fourth-order valence-electron chi connectivity index (χ4n) is 3.22. The van der Waals surface area contributed by atoms with Crippen LogP contribution in [0.2, 0.25) is 0 Å². The Labute approximate surface area is 174 Å². The predicted octanol–water partition coefficient (Wildman–Crippen LogP) is 2.16. The highest BCUT2D eigenvalue weighted by Gasteiger charge is 2.30. The lowest BCUT2D eigenvalue weighted by atomic mass is 10.1. The van der Waals surface area contributed by atoms with Gasteiger partial charge in [0.1, 0.15) is 5.75 Å². The summed E-state index contributed by atoms with van der Waals surface area (Å²) in [6.07, 6.45) is 0.167. The molecule has 8 nitrogen and oxygen atoms in total. The predicted molar refractivity (Wildman–Crippen MR) is 111 cm³/mol. The number of nitrogens with zero attached hydrogens (tertiary/aromatic N) is 3. The van der Waals surface area contributed by atoms with Gasteiger partial charge in [-0.05, 0) is 43.3 Å². The van der Waals surface area contributed by atoms with Crippen molar-refractivity contribution >= 4 is 29.1 Å². The van der Waals surface area contributed by atoms with Crippen LogP contribution in [-0.2, 0) is 14.4 Å². The molecule has 8 heteroatoms. The summed E-state index contributed by atoms with van der Waals surface area (Å²) in [5, 5.41) is 11.6. The quantitative estimate of drug-likeness (QED) is 0.820. The number of anilines is 2. The molecule has 2 aromatic rings. The summed E-state index contributed by atoms with van der Waals surface area (Å²) < 4.78 is 5.45. The van der Waals surface area contributed by atoms with Crippen LogP contribution in [0.25, 0.3) is 0 Å². The largest absolute Gasteiger partial charge is 0.484 e. The van der Waals surface area contributed by atoms with Gasteiger partial charge in [-0.1, -0.05) is 12.1 Å². The number of carbonyl (C=O) groups is 3. The van der Waals surface area contributed by atoms with Crippen molar-refractivity contribution in [1.29, 1.82) is 5.26 Å². The zero-order valence-corrected chi connectivity index (χ0v) is 16.8. The Morgan fingerprint density at radius 1 is 1.23 bits per heavy atom. The van der Waals surface area contributed by atoms with E-state index in [9.17, 15) is 14.4 Å². The van der Waals surface area contributed by atoms with Crippen LogP contribution in [-0.4, -0.2) is 48.9 Å². The van der Waals surface area contributed by atoms with Crippen molar-refractivity contribution in [3.05, 3.63) is 54.1 Å². The number of likely N-dealkylation sites (N-methyl/N-ethyl adjacent to an activating group) is 1. The monoisotopic (exact) mass is 406 g/mol. The van der Waals surface area contributed by atoms with Gasteiger partial charge in [-0.15, -0.1) is 0 Å². The van der Waals surface area contributed by atoms with Gasteiger partial charge in [0.15, 0.2) is 6.61 Å². The number of para-hydroxylation sites is 2. The van der Waals surface area contributed by atoms with Crippen LogP contribution in [0.3, 0.4) is 0 Å². The molecule has 1 heterocycles. The molecule has 1 aliphatic heterocycles. The van der Waals surface area contributed by atoms with Gasteiger partial charge in [0, 0.05) is 19.5 Å². The molecule has 154 valence electrons. The summed E-state index contributed by atoms with van der Waals surface area (Å²) in [5.74, 6) is -0.356. The molecule has 1 N–H and O–H groups in total. The van der Waals surface area contributed by atoms with Gasteiger partial charge in [-0.2, -0.15) is 5.26 Å². The molecule has 0 bridgehead atoms. The summed E-state index contributed by atoms with van der Waals surface area (Å²) in [4.78, 5) is 40.3. The van der Waals surface area contributed by atoms with Crippen LogP contribution in [0.4, 0.5) is 11.4 Å². The molecule has 0 unspecified atom stereocenters. The van der Waals surface area contributed by atoms with E-state index >= 15 is 0 Å². The van der Waals surface area contributed by atoms with Crippen molar-refractivity contribution in [2.24, 2.45) is 0 Å². The average Bonchev–Trinajstić information content (AvgIpc) is 2.86. The summed E-state index contributed by atoms with van der Waals surface area (Å²) in [7, 11) is 1.53. The number of hydrogen-bond donors (Lipinski definition) is 1. The van der Waals surface area contributed by atoms with Crippen molar-refractivity contribution in [2.75, 3.05) is 30.4 Å². The smallest absolute Gasteiger partial charge is 0.260 e. The van der Waals surface area contributed by atoms with E-state index in [4.69, 9.17) is 10.00 Å². The number of benzene rings is 2. The molecule has 3 amide bonds. The van der Waals surface area contributed by atoms with E-state index in [0.29, 0.717) is 22.7 Å². The Bertz CT molecular complexity index is 997. The molecule has 0 radical (unpaired) electrons. The van der Waals surface area contributed by atoms with E-state index in [-0.39, 0.29) is 43.3 Å². The Balaban J connectivity index is 1.64. The lowest BCUT2D eigenvalue weighted by Gasteiger charge is -2.29. The number of amides is 3. The molecule has 0 aromatic heterocycles. The van der Waals surface area contributed by atoms with Gasteiger partial charge >= 0.3 is 0 Å². The zero-order valence-electron chi connectivity index (χ0n) is 16.8. The van der Waals surface area contributed by atoms with Crippen molar-refractivity contribution < 1.29 is 19.1 Å². The third kappa shape index (κ3) is 4.75. The van der Waals surface area contributed by atoms with Crippen molar-refractivity contribution in [1.82, 2.24) is 4.90 Å². The van der Waals surface area contributed by atoms with Crippen molar-refractivity contribution in [2.45, 2.75) is 19.4 Å². The Morgan fingerprint density at radius 3 is 2.63 bits per heavy atom. The maximum absolute atomic E-state index is 13.0. The van der Waals surface area contributed by atoms with Crippen LogP contribution < -0.4 is 15.0 Å². The normalized spacial score (nSPS) is 15.3. The van der Waals surface area contributed by atoms with Gasteiger partial charge < -0.3 is 19.9 Å². The first-order chi connectivity index (χ1) is 14.4. The molecule has 3 rings (SSSR count). The molecule has 0 saturated heterocycles. The number of hydrogen-bond acceptors (Lipinski definition) is 5. The second-order valence-corrected chi connectivity index (χ2v) is 7.06. The Kier molecular flexibility index (Phi) is 6.32. The highest BCUT2D eigenvalue weighted by molar-refractivity contribution is 6.05. The molecule has 0 aliphatic carbocycles. The van der Waals surface area contributed by atoms with E-state index < -0.39 is 0 Å². The van der Waals surface area contributed by atoms with Crippen LogP contribution in [0.15, 0.2) is 48.5 Å². The molecule has 0 spiro atoms. The minimum absolute atomic E-state index is 0.150. The molecular weight excluding hydrogens is 384 g/mol. The second kappa shape index (κ2) is 9.09. The van der Waals surface area contributed by atoms with E-state index in [1.54, 1.807) is 60.4 Å². The van der Waals surface area contributed by atoms with Gasteiger partial charge in [0.05, 0.1) is 29.6 Å². The molecular formula is C22H22N4O4. The third-order valence-electron chi connectivity index (χ3n) is 4.77. The fraction of sp³-hybridized carbons (Fsp3) is 0.273. The van der Waals surface area contributed by atoms with Gasteiger partial charge in [0.2, 0.25) is 11.8 Å². The standard InChI is InChI=1S/C22H22N4O4/c1-15-11-20(27)24-18-5-3-4-6-19(18)26(15)21(28)13-25(2)22(29)14-30-17-9-7-16(12-23)8-10-17/h3-10,15H,11,13-14H2,1-2H3,(H,24,27)/t15-/m0/s1. The molecule has 1 aliphatic rings. The minimum atomic E-state index is -0.363. The van der Waals surface area contributed by atoms with Gasteiger partial charge in [-0.3, -0.25) is 14.4 Å². The maximum Gasteiger partial charge on any atom is 0.260 e. The summed E-state index contributed by atoms with van der Waals surface area (Å²) >= 11 is 0. The summed E-state index contributed by atoms with van der Waals surface area (Å²) in [6, 6.07) is 15.2. The number of carbonyl (C=O) groups excluding carboxylic acids is 3. The van der Waals surface area contributed by atoms with E-state index in [0.717, 1.165) is 0 Å². The fourth-order valence-corrected chi connectivity index (χ4v) is 3.22. The van der Waals surface area contributed by atoms with Gasteiger partial charge in [-0.25, -0.2) is 0 Å². The molecule has 30 heavy (non-hydrogen) atoms. The number of rotatable bonds is 5. The van der Waals surface area contributed by atoms with Crippen LogP contribution in [0.1, 0.15) is 18.9 Å². The minimum Gasteiger partial charge on any atom is -0.484 e. The lowest BCUT2D eigenvalue weighted by molar-refractivity contribution is -0.135. The first-order valence-corrected chi connectivity index (χ1v) is 9.47. The lowest BCUT2D eigenvalue weighted by Crippen LogP contribution is -2.46. The first kappa shape index (κ1) is 20.9. The zero-order chi connectivity index (χ0) is 21.7. The van der Waals surface area contributed by atoms with Gasteiger partial charge in [0.25, 0.3) is 5.91 Å². The third-order valence-corrected chi connectivity index (χ3v) is 4.77. The van der Waals surface area contributed by atoms with E-state index in [2.05, 4.69) is 5.32 Å². The highest BCUT2D eigenvalue weighted by atomic mass is 16.5. The number of ether oxygens (including phenoxy) is 1. The van der Waals surface area contributed by atoms with Crippen LogP contribution in [0, 0.1) is 11.3 Å². The molecule has 0 fully saturated rings. The second-order valence-electron chi connectivity index (χ2n) is 7.06. The van der Waals surface area contributed by atoms with Crippen molar-refractivity contribution in [3.8, 4) is 11.8 Å². The summed E-state index contributed by atoms with van der Waals surface area (Å²) in [6.45, 7) is 1.42. The van der Waals surface area contributed by atoms with E-state index in [1.807, 2.05) is 6.07 Å². The topological polar surface area (TPSA) is 103 Å². The molecule has 1 atom stereocenters. The number of fused-ring (bicyclic) bond motifs is 1. The molecule has 0 saturated carbocycles. The van der Waals surface area contributed by atoms with E-state index in [1.165, 1.54) is 11.9 Å².